The number of rotatable bonds is 4. The molecule has 0 aromatic heterocycles. The van der Waals surface area contributed by atoms with Crippen LogP contribution in [0.4, 0.5) is 5.69 Å². The van der Waals surface area contributed by atoms with Crippen LogP contribution in [0.3, 0.4) is 0 Å². The van der Waals surface area contributed by atoms with Crippen molar-refractivity contribution in [2.75, 3.05) is 7.11 Å². The molecule has 21 heavy (non-hydrogen) atoms. The maximum Gasteiger partial charge on any atom is 0.338 e. The molecule has 0 saturated heterocycles. The molecule has 0 spiro atoms. The summed E-state index contributed by atoms with van der Waals surface area (Å²) < 4.78 is 4.74. The van der Waals surface area contributed by atoms with Crippen molar-refractivity contribution in [1.82, 2.24) is 0 Å². The molecule has 0 atom stereocenters. The van der Waals surface area contributed by atoms with Gasteiger partial charge in [0.15, 0.2) is 0 Å². The van der Waals surface area contributed by atoms with Crippen LogP contribution in [0.15, 0.2) is 54.6 Å². The van der Waals surface area contributed by atoms with Crippen molar-refractivity contribution in [3.05, 3.63) is 75.8 Å². The van der Waals surface area contributed by atoms with Gasteiger partial charge in [-0.25, -0.2) is 4.79 Å². The van der Waals surface area contributed by atoms with Crippen LogP contribution in [-0.2, 0) is 9.53 Å². The Morgan fingerprint density at radius 1 is 1.10 bits per heavy atom. The van der Waals surface area contributed by atoms with Crippen LogP contribution in [0, 0.1) is 10.1 Å². The summed E-state index contributed by atoms with van der Waals surface area (Å²) in [7, 11) is 1.25. The summed E-state index contributed by atoms with van der Waals surface area (Å²) in [6.45, 7) is 0. The fourth-order valence-corrected chi connectivity index (χ4v) is 1.93. The molecule has 2 aromatic carbocycles. The van der Waals surface area contributed by atoms with Gasteiger partial charge in [-0.3, -0.25) is 10.1 Å². The highest BCUT2D eigenvalue weighted by Gasteiger charge is 2.21. The highest BCUT2D eigenvalue weighted by atomic mass is 16.6. The highest BCUT2D eigenvalue weighted by Crippen LogP contribution is 2.28. The molecule has 0 N–H and O–H groups in total. The van der Waals surface area contributed by atoms with Gasteiger partial charge in [0, 0.05) is 6.07 Å². The summed E-state index contributed by atoms with van der Waals surface area (Å²) in [5, 5.41) is 11.1. The number of nitro benzene ring substituents is 1. The Labute approximate surface area is 121 Å². The van der Waals surface area contributed by atoms with E-state index in [0.29, 0.717) is 0 Å². The van der Waals surface area contributed by atoms with Gasteiger partial charge in [0.05, 0.1) is 23.2 Å². The molecule has 0 aliphatic rings. The molecule has 0 unspecified atom stereocenters. The molecule has 2 rings (SSSR count). The maximum atomic E-state index is 12.0. The number of ether oxygens (including phenoxy) is 1. The van der Waals surface area contributed by atoms with E-state index in [4.69, 9.17) is 4.74 Å². The summed E-state index contributed by atoms with van der Waals surface area (Å²) in [4.78, 5) is 22.6. The van der Waals surface area contributed by atoms with Gasteiger partial charge in [-0.2, -0.15) is 0 Å². The summed E-state index contributed by atoms with van der Waals surface area (Å²) in [6.07, 6.45) is 1.58. The number of nitrogens with zero attached hydrogens (tertiary/aromatic N) is 1. The molecule has 0 radical (unpaired) electrons. The largest absolute Gasteiger partial charge is 0.465 e. The van der Waals surface area contributed by atoms with Crippen LogP contribution in [0.2, 0.25) is 0 Å². The van der Waals surface area contributed by atoms with Crippen LogP contribution < -0.4 is 0 Å². The predicted octanol–water partition coefficient (Wildman–Crippen LogP) is 3.31. The summed E-state index contributed by atoms with van der Waals surface area (Å²) in [5.74, 6) is -0.617. The smallest absolute Gasteiger partial charge is 0.338 e. The van der Waals surface area contributed by atoms with Crippen LogP contribution in [0.1, 0.15) is 11.1 Å². The Kier molecular flexibility index (Phi) is 4.46. The van der Waals surface area contributed by atoms with Gasteiger partial charge in [0.1, 0.15) is 0 Å². The van der Waals surface area contributed by atoms with Crippen molar-refractivity contribution in [3.63, 3.8) is 0 Å². The summed E-state index contributed by atoms with van der Waals surface area (Å²) >= 11 is 0. The normalized spacial score (nSPS) is 11.0. The van der Waals surface area contributed by atoms with E-state index in [0.717, 1.165) is 5.56 Å². The predicted molar refractivity (Wildman–Crippen MR) is 79.4 cm³/mol. The lowest BCUT2D eigenvalue weighted by Gasteiger charge is -2.07. The summed E-state index contributed by atoms with van der Waals surface area (Å²) in [5.41, 5.74) is 1.01. The number of methoxy groups -OCH3 is 1. The van der Waals surface area contributed by atoms with E-state index in [9.17, 15) is 14.9 Å². The molecule has 5 heteroatoms. The second-order valence-electron chi connectivity index (χ2n) is 4.23. The van der Waals surface area contributed by atoms with Gasteiger partial charge in [-0.05, 0) is 17.7 Å². The monoisotopic (exact) mass is 283 g/mol. The van der Waals surface area contributed by atoms with Crippen LogP contribution in [0.25, 0.3) is 11.6 Å². The van der Waals surface area contributed by atoms with Gasteiger partial charge >= 0.3 is 5.97 Å². The van der Waals surface area contributed by atoms with Crippen molar-refractivity contribution in [2.24, 2.45) is 0 Å². The first-order chi connectivity index (χ1) is 10.1. The molecule has 0 fully saturated rings. The molecule has 0 saturated carbocycles. The lowest BCUT2D eigenvalue weighted by atomic mass is 10.0. The highest BCUT2D eigenvalue weighted by molar-refractivity contribution is 6.22. The van der Waals surface area contributed by atoms with E-state index in [-0.39, 0.29) is 16.8 Å². The zero-order valence-electron chi connectivity index (χ0n) is 11.4. The molecular weight excluding hydrogens is 270 g/mol. The van der Waals surface area contributed by atoms with Gasteiger partial charge < -0.3 is 4.74 Å². The van der Waals surface area contributed by atoms with E-state index < -0.39 is 10.9 Å². The van der Waals surface area contributed by atoms with Crippen LogP contribution in [-0.4, -0.2) is 18.0 Å². The number of carbonyl (C=O) groups excluding carboxylic acids is 1. The zero-order chi connectivity index (χ0) is 15.2. The fraction of sp³-hybridized carbons (Fsp3) is 0.0625. The van der Waals surface area contributed by atoms with Gasteiger partial charge in [-0.1, -0.05) is 42.5 Å². The van der Waals surface area contributed by atoms with Crippen molar-refractivity contribution in [2.45, 2.75) is 0 Å². The average molecular weight is 283 g/mol. The SMILES string of the molecule is COC(=O)/C(=C/c1ccccc1)c1ccccc1[N+](=O)[O-]. The van der Waals surface area contributed by atoms with Crippen molar-refractivity contribution < 1.29 is 14.5 Å². The second kappa shape index (κ2) is 6.47. The third kappa shape index (κ3) is 3.33. The lowest BCUT2D eigenvalue weighted by molar-refractivity contribution is -0.385. The molecule has 0 aliphatic heterocycles. The van der Waals surface area contributed by atoms with Gasteiger partial charge in [0.25, 0.3) is 5.69 Å². The minimum absolute atomic E-state index is 0.134. The number of nitro groups is 1. The van der Waals surface area contributed by atoms with E-state index in [2.05, 4.69) is 0 Å². The quantitative estimate of drug-likeness (QED) is 0.284. The van der Waals surface area contributed by atoms with E-state index in [1.54, 1.807) is 30.3 Å². The van der Waals surface area contributed by atoms with Crippen LogP contribution in [0.5, 0.6) is 0 Å². The Hall–Kier alpha value is -2.95. The topological polar surface area (TPSA) is 69.4 Å². The molecule has 0 aliphatic carbocycles. The van der Waals surface area contributed by atoms with E-state index in [1.165, 1.54) is 19.2 Å². The Morgan fingerprint density at radius 2 is 1.71 bits per heavy atom. The van der Waals surface area contributed by atoms with Gasteiger partial charge in [0.2, 0.25) is 0 Å². The number of esters is 1. The first-order valence-corrected chi connectivity index (χ1v) is 6.22. The zero-order valence-corrected chi connectivity index (χ0v) is 11.4. The molecule has 5 nitrogen and oxygen atoms in total. The third-order valence-corrected chi connectivity index (χ3v) is 2.91. The lowest BCUT2D eigenvalue weighted by Crippen LogP contribution is -2.06. The summed E-state index contributed by atoms with van der Waals surface area (Å²) in [6, 6.07) is 15.2. The standard InChI is InChI=1S/C16H13NO4/c1-21-16(18)14(11-12-7-3-2-4-8-12)13-9-5-6-10-15(13)17(19)20/h2-11H,1H3/b14-11+. The van der Waals surface area contributed by atoms with Crippen molar-refractivity contribution in [3.8, 4) is 0 Å². The molecule has 0 bridgehead atoms. The number of benzene rings is 2. The number of para-hydroxylation sites is 1. The first-order valence-electron chi connectivity index (χ1n) is 6.22. The fourth-order valence-electron chi connectivity index (χ4n) is 1.93. The molecule has 0 amide bonds. The van der Waals surface area contributed by atoms with E-state index in [1.807, 2.05) is 18.2 Å². The van der Waals surface area contributed by atoms with Crippen LogP contribution >= 0.6 is 0 Å². The number of hydrogen-bond donors (Lipinski definition) is 0. The first kappa shape index (κ1) is 14.5. The second-order valence-corrected chi connectivity index (χ2v) is 4.23. The minimum atomic E-state index is -0.617. The number of hydrogen-bond acceptors (Lipinski definition) is 4. The van der Waals surface area contributed by atoms with Crippen molar-refractivity contribution in [1.29, 1.82) is 0 Å². The van der Waals surface area contributed by atoms with Gasteiger partial charge in [-0.15, -0.1) is 0 Å². The van der Waals surface area contributed by atoms with Crippen molar-refractivity contribution >= 4 is 23.3 Å². The average Bonchev–Trinajstić information content (AvgIpc) is 2.53. The molecule has 0 heterocycles. The third-order valence-electron chi connectivity index (χ3n) is 2.91. The minimum Gasteiger partial charge on any atom is -0.465 e. The maximum absolute atomic E-state index is 12.0. The molecule has 2 aromatic rings. The number of carbonyl (C=O) groups is 1. The van der Waals surface area contributed by atoms with E-state index >= 15 is 0 Å². The molecular formula is C16H13NO4. The Morgan fingerprint density at radius 3 is 2.33 bits per heavy atom. The Balaban J connectivity index is 2.60. The molecule has 106 valence electrons. The Bertz CT molecular complexity index is 692.